The van der Waals surface area contributed by atoms with Gasteiger partial charge in [0.05, 0.1) is 24.9 Å². The lowest BCUT2D eigenvalue weighted by Gasteiger charge is -2.35. The molecule has 0 saturated carbocycles. The molecule has 0 spiro atoms. The van der Waals surface area contributed by atoms with Gasteiger partial charge in [-0.3, -0.25) is 4.90 Å². The van der Waals surface area contributed by atoms with E-state index >= 15 is 0 Å². The molecule has 2 heterocycles. The van der Waals surface area contributed by atoms with Gasteiger partial charge in [-0.15, -0.1) is 0 Å². The normalized spacial score (nSPS) is 21.5. The predicted molar refractivity (Wildman–Crippen MR) is 92.7 cm³/mol. The number of methoxy groups -OCH3 is 1. The fourth-order valence-corrected chi connectivity index (χ4v) is 3.21. The number of urea groups is 1. The maximum atomic E-state index is 12.2. The number of amides is 2. The van der Waals surface area contributed by atoms with Gasteiger partial charge in [0, 0.05) is 31.9 Å². The van der Waals surface area contributed by atoms with Crippen molar-refractivity contribution in [1.29, 1.82) is 0 Å². The average Bonchev–Trinajstić information content (AvgIpc) is 2.80. The molecule has 2 aliphatic rings. The molecule has 1 N–H and O–H groups in total. The zero-order chi connectivity index (χ0) is 16.6. The Morgan fingerprint density at radius 1 is 1.17 bits per heavy atom. The second kappa shape index (κ2) is 5.92. The van der Waals surface area contributed by atoms with Crippen molar-refractivity contribution in [3.63, 3.8) is 0 Å². The van der Waals surface area contributed by atoms with Crippen molar-refractivity contribution in [3.05, 3.63) is 18.2 Å². The number of piperazine rings is 1. The van der Waals surface area contributed by atoms with Crippen molar-refractivity contribution in [1.82, 2.24) is 10.2 Å². The molecule has 23 heavy (non-hydrogen) atoms. The van der Waals surface area contributed by atoms with Gasteiger partial charge in [0.15, 0.2) is 0 Å². The van der Waals surface area contributed by atoms with Crippen LogP contribution in [-0.4, -0.2) is 63.4 Å². The molecule has 126 valence electrons. The molecule has 2 aliphatic heterocycles. The third-order valence-electron chi connectivity index (χ3n) is 4.56. The molecular weight excluding hydrogens is 292 g/mol. The Labute approximate surface area is 138 Å². The Kier molecular flexibility index (Phi) is 4.10. The summed E-state index contributed by atoms with van der Waals surface area (Å²) in [6, 6.07) is 5.95. The van der Waals surface area contributed by atoms with E-state index in [4.69, 9.17) is 4.74 Å². The topological polar surface area (TPSA) is 48.1 Å². The Balaban J connectivity index is 1.89. The summed E-state index contributed by atoms with van der Waals surface area (Å²) < 4.78 is 5.54. The van der Waals surface area contributed by atoms with Crippen LogP contribution in [0.4, 0.5) is 16.2 Å². The lowest BCUT2D eigenvalue weighted by molar-refractivity contribution is 0.248. The number of carbonyl (C=O) groups is 1. The Bertz CT molecular complexity index is 594. The first kappa shape index (κ1) is 15.9. The van der Waals surface area contributed by atoms with Gasteiger partial charge in [-0.25, -0.2) is 4.79 Å². The van der Waals surface area contributed by atoms with Crippen LogP contribution < -0.4 is 19.9 Å². The van der Waals surface area contributed by atoms with E-state index in [2.05, 4.69) is 28.2 Å². The summed E-state index contributed by atoms with van der Waals surface area (Å²) in [6.07, 6.45) is 0. The number of rotatable bonds is 3. The highest BCUT2D eigenvalue weighted by molar-refractivity contribution is 5.96. The number of hydrogen-bond donors (Lipinski definition) is 1. The molecule has 0 radical (unpaired) electrons. The van der Waals surface area contributed by atoms with Gasteiger partial charge >= 0.3 is 6.03 Å². The van der Waals surface area contributed by atoms with Crippen LogP contribution in [-0.2, 0) is 0 Å². The summed E-state index contributed by atoms with van der Waals surface area (Å²) in [5.41, 5.74) is 1.78. The summed E-state index contributed by atoms with van der Waals surface area (Å²) in [6.45, 7) is 8.74. The first-order chi connectivity index (χ1) is 10.9. The van der Waals surface area contributed by atoms with E-state index < -0.39 is 0 Å². The van der Waals surface area contributed by atoms with E-state index in [1.807, 2.05) is 26.0 Å². The van der Waals surface area contributed by atoms with E-state index in [9.17, 15) is 4.79 Å². The second-order valence-corrected chi connectivity index (χ2v) is 7.05. The van der Waals surface area contributed by atoms with E-state index in [0.29, 0.717) is 6.54 Å². The molecule has 1 aromatic rings. The van der Waals surface area contributed by atoms with Crippen molar-refractivity contribution in [2.45, 2.75) is 19.4 Å². The average molecular weight is 318 g/mol. The first-order valence-electron chi connectivity index (χ1n) is 8.11. The maximum absolute atomic E-state index is 12.2. The summed E-state index contributed by atoms with van der Waals surface area (Å²) in [7, 11) is 3.84. The van der Waals surface area contributed by atoms with Crippen LogP contribution in [0.3, 0.4) is 0 Å². The van der Waals surface area contributed by atoms with Crippen LogP contribution in [0.5, 0.6) is 5.75 Å². The zero-order valence-electron chi connectivity index (χ0n) is 14.4. The molecule has 0 bridgehead atoms. The smallest absolute Gasteiger partial charge is 0.322 e. The summed E-state index contributed by atoms with van der Waals surface area (Å²) in [5.74, 6) is 0.858. The van der Waals surface area contributed by atoms with Gasteiger partial charge in [0.2, 0.25) is 0 Å². The Morgan fingerprint density at radius 2 is 1.87 bits per heavy atom. The number of nitrogens with zero attached hydrogens (tertiary/aromatic N) is 3. The van der Waals surface area contributed by atoms with Crippen molar-refractivity contribution >= 4 is 17.4 Å². The molecule has 2 fully saturated rings. The van der Waals surface area contributed by atoms with Crippen molar-refractivity contribution in [3.8, 4) is 5.75 Å². The highest BCUT2D eigenvalue weighted by atomic mass is 16.5. The van der Waals surface area contributed by atoms with Crippen LogP contribution in [0.25, 0.3) is 0 Å². The standard InChI is InChI=1S/C17H26N4O2/c1-17(2)12-21(16(22)18-17)13-5-6-15(23-4)14(11-13)20-9-7-19(3)8-10-20/h5-6,11H,7-10,12H2,1-4H3,(H,18,22). The molecule has 0 aromatic heterocycles. The molecule has 3 rings (SSSR count). The second-order valence-electron chi connectivity index (χ2n) is 7.05. The molecule has 0 unspecified atom stereocenters. The van der Waals surface area contributed by atoms with Gasteiger partial charge in [0.25, 0.3) is 0 Å². The first-order valence-corrected chi connectivity index (χ1v) is 8.11. The van der Waals surface area contributed by atoms with Gasteiger partial charge in [-0.1, -0.05) is 0 Å². The Morgan fingerprint density at radius 3 is 2.43 bits per heavy atom. The molecule has 6 nitrogen and oxygen atoms in total. The molecular formula is C17H26N4O2. The van der Waals surface area contributed by atoms with Crippen LogP contribution in [0.15, 0.2) is 18.2 Å². The largest absolute Gasteiger partial charge is 0.495 e. The van der Waals surface area contributed by atoms with Crippen molar-refractivity contribution in [2.75, 3.05) is 56.7 Å². The zero-order valence-corrected chi connectivity index (χ0v) is 14.4. The lowest BCUT2D eigenvalue weighted by atomic mass is 10.1. The highest BCUT2D eigenvalue weighted by Crippen LogP contribution is 2.34. The minimum absolute atomic E-state index is 0.0375. The molecule has 0 aliphatic carbocycles. The minimum Gasteiger partial charge on any atom is -0.495 e. The van der Waals surface area contributed by atoms with Crippen LogP contribution in [0.1, 0.15) is 13.8 Å². The predicted octanol–water partition coefficient (Wildman–Crippen LogP) is 1.76. The monoisotopic (exact) mass is 318 g/mol. The summed E-state index contributed by atoms with van der Waals surface area (Å²) in [4.78, 5) is 18.7. The van der Waals surface area contributed by atoms with Gasteiger partial charge in [-0.05, 0) is 39.1 Å². The van der Waals surface area contributed by atoms with E-state index in [1.54, 1.807) is 12.0 Å². The van der Waals surface area contributed by atoms with Gasteiger partial charge < -0.3 is 19.9 Å². The maximum Gasteiger partial charge on any atom is 0.322 e. The van der Waals surface area contributed by atoms with Crippen LogP contribution >= 0.6 is 0 Å². The SMILES string of the molecule is COc1ccc(N2CC(C)(C)NC2=O)cc1N1CCN(C)CC1. The number of likely N-dealkylation sites (N-methyl/N-ethyl adjacent to an activating group) is 1. The van der Waals surface area contributed by atoms with Crippen LogP contribution in [0.2, 0.25) is 0 Å². The fourth-order valence-electron chi connectivity index (χ4n) is 3.21. The fraction of sp³-hybridized carbons (Fsp3) is 0.588. The lowest BCUT2D eigenvalue weighted by Crippen LogP contribution is -2.44. The van der Waals surface area contributed by atoms with Gasteiger partial charge in [-0.2, -0.15) is 0 Å². The Hall–Kier alpha value is -1.95. The molecule has 2 saturated heterocycles. The number of carbonyl (C=O) groups excluding carboxylic acids is 1. The van der Waals surface area contributed by atoms with E-state index in [-0.39, 0.29) is 11.6 Å². The van der Waals surface area contributed by atoms with Gasteiger partial charge in [0.1, 0.15) is 5.75 Å². The summed E-state index contributed by atoms with van der Waals surface area (Å²) in [5, 5.41) is 3.01. The van der Waals surface area contributed by atoms with Crippen molar-refractivity contribution in [2.24, 2.45) is 0 Å². The summed E-state index contributed by atoms with van der Waals surface area (Å²) >= 11 is 0. The molecule has 2 amide bonds. The number of nitrogens with one attached hydrogen (secondary N) is 1. The quantitative estimate of drug-likeness (QED) is 0.922. The number of anilines is 2. The van der Waals surface area contributed by atoms with E-state index in [1.165, 1.54) is 0 Å². The molecule has 0 atom stereocenters. The number of ether oxygens (including phenoxy) is 1. The third-order valence-corrected chi connectivity index (χ3v) is 4.56. The number of hydrogen-bond acceptors (Lipinski definition) is 4. The third kappa shape index (κ3) is 3.22. The highest BCUT2D eigenvalue weighted by Gasteiger charge is 2.36. The van der Waals surface area contributed by atoms with E-state index in [0.717, 1.165) is 43.3 Å². The molecule has 1 aromatic carbocycles. The van der Waals surface area contributed by atoms with Crippen LogP contribution in [0, 0.1) is 0 Å². The minimum atomic E-state index is -0.203. The van der Waals surface area contributed by atoms with Crippen molar-refractivity contribution < 1.29 is 9.53 Å². The number of benzene rings is 1. The molecule has 6 heteroatoms.